The van der Waals surface area contributed by atoms with Gasteiger partial charge in [-0.25, -0.2) is 8.42 Å². The summed E-state index contributed by atoms with van der Waals surface area (Å²) >= 11 is 0. The van der Waals surface area contributed by atoms with Crippen LogP contribution in [-0.2, 0) is 10.0 Å². The molecular weight excluding hydrogens is 410 g/mol. The smallest absolute Gasteiger partial charge is 0.276 e. The summed E-state index contributed by atoms with van der Waals surface area (Å²) in [4.78, 5) is 4.81. The van der Waals surface area contributed by atoms with Crippen LogP contribution >= 0.6 is 0 Å². The van der Waals surface area contributed by atoms with E-state index in [-0.39, 0.29) is 10.8 Å². The highest BCUT2D eigenvalue weighted by molar-refractivity contribution is 7.89. The summed E-state index contributed by atoms with van der Waals surface area (Å²) in [6.07, 6.45) is 0. The van der Waals surface area contributed by atoms with Gasteiger partial charge in [0.15, 0.2) is 0 Å². The summed E-state index contributed by atoms with van der Waals surface area (Å²) < 4.78 is 33.4. The van der Waals surface area contributed by atoms with Crippen LogP contribution in [0.15, 0.2) is 88.3 Å². The van der Waals surface area contributed by atoms with E-state index in [1.807, 2.05) is 67.6 Å². The maximum atomic E-state index is 13.3. The topological polar surface area (TPSA) is 76.3 Å². The summed E-state index contributed by atoms with van der Waals surface area (Å²) in [5.41, 5.74) is 4.47. The number of aromatic nitrogens is 2. The lowest BCUT2D eigenvalue weighted by Gasteiger charge is -2.30. The molecule has 0 saturated carbocycles. The van der Waals surface area contributed by atoms with Crippen molar-refractivity contribution in [1.29, 1.82) is 0 Å². The molecule has 1 aliphatic heterocycles. The molecule has 0 atom stereocenters. The molecule has 6 nitrogen and oxygen atoms in total. The molecule has 1 aromatic heterocycles. The van der Waals surface area contributed by atoms with Gasteiger partial charge in [0.05, 0.1) is 4.90 Å². The lowest BCUT2D eigenvalue weighted by atomic mass is 9.95. The highest BCUT2D eigenvalue weighted by atomic mass is 32.2. The van der Waals surface area contributed by atoms with Crippen LogP contribution in [0.2, 0.25) is 0 Å². The second-order valence-corrected chi connectivity index (χ2v) is 9.29. The minimum Gasteiger partial charge on any atom is -0.332 e. The summed E-state index contributed by atoms with van der Waals surface area (Å²) in [5.74, 6) is 0.551. The Morgan fingerprint density at radius 2 is 1.52 bits per heavy atom. The molecule has 0 bridgehead atoms. The fraction of sp³-hybridized carbons (Fsp3) is 0.0833. The van der Waals surface area contributed by atoms with E-state index in [2.05, 4.69) is 10.1 Å². The number of rotatable bonds is 3. The average molecular weight is 430 g/mol. The van der Waals surface area contributed by atoms with Gasteiger partial charge in [-0.2, -0.15) is 4.98 Å². The van der Waals surface area contributed by atoms with Crippen molar-refractivity contribution in [3.63, 3.8) is 0 Å². The molecule has 0 aliphatic carbocycles. The molecule has 3 aromatic carbocycles. The van der Waals surface area contributed by atoms with Crippen molar-refractivity contribution >= 4 is 21.3 Å². The first-order valence-corrected chi connectivity index (χ1v) is 11.2. The van der Waals surface area contributed by atoms with Crippen LogP contribution in [0.1, 0.15) is 22.6 Å². The predicted octanol–water partition coefficient (Wildman–Crippen LogP) is 4.60. The van der Waals surface area contributed by atoms with Gasteiger partial charge in [0.25, 0.3) is 15.9 Å². The number of fused-ring (bicyclic) bond motifs is 1. The lowest BCUT2D eigenvalue weighted by molar-refractivity contribution is 0.399. The van der Waals surface area contributed by atoms with Gasteiger partial charge in [-0.05, 0) is 18.6 Å². The van der Waals surface area contributed by atoms with Gasteiger partial charge in [-0.1, -0.05) is 83.5 Å². The molecule has 0 saturated heterocycles. The van der Waals surface area contributed by atoms with Crippen LogP contribution in [0, 0.1) is 6.92 Å². The van der Waals surface area contributed by atoms with E-state index in [0.29, 0.717) is 17.1 Å². The molecule has 31 heavy (non-hydrogen) atoms. The van der Waals surface area contributed by atoms with Gasteiger partial charge in [0.2, 0.25) is 5.82 Å². The van der Waals surface area contributed by atoms with Crippen molar-refractivity contribution in [2.24, 2.45) is 0 Å². The zero-order valence-electron chi connectivity index (χ0n) is 17.0. The molecule has 7 heteroatoms. The van der Waals surface area contributed by atoms with Crippen molar-refractivity contribution in [3.8, 4) is 11.4 Å². The number of benzene rings is 3. The summed E-state index contributed by atoms with van der Waals surface area (Å²) in [6, 6.07) is 24.3. The Kier molecular flexibility index (Phi) is 4.48. The van der Waals surface area contributed by atoms with E-state index in [1.54, 1.807) is 18.2 Å². The molecule has 0 fully saturated rings. The zero-order chi connectivity index (χ0) is 21.6. The Hall–Kier alpha value is -3.71. The molecule has 0 N–H and O–H groups in total. The molecule has 0 amide bonds. The monoisotopic (exact) mass is 429 g/mol. The standard InChI is InChI=1S/C24H19N3O3S/c1-16-12-14-18(15-13-16)23-25-24(30-26-23)22-21(17-8-4-3-5-9-17)19-10-6-7-11-20(19)31(28,29)27(22)2/h3-15H,1-2H3. The quantitative estimate of drug-likeness (QED) is 0.476. The maximum Gasteiger partial charge on any atom is 0.276 e. The van der Waals surface area contributed by atoms with Crippen LogP contribution in [0.5, 0.6) is 0 Å². The maximum absolute atomic E-state index is 13.3. The summed E-state index contributed by atoms with van der Waals surface area (Å²) in [5, 5.41) is 4.12. The summed E-state index contributed by atoms with van der Waals surface area (Å²) in [6.45, 7) is 2.00. The first kappa shape index (κ1) is 19.3. The number of hydrogen-bond acceptors (Lipinski definition) is 5. The van der Waals surface area contributed by atoms with E-state index in [1.165, 1.54) is 11.4 Å². The Bertz CT molecular complexity index is 1410. The molecule has 0 unspecified atom stereocenters. The molecular formula is C24H19N3O3S. The molecule has 1 aliphatic rings. The van der Waals surface area contributed by atoms with Crippen molar-refractivity contribution in [2.45, 2.75) is 11.8 Å². The SMILES string of the molecule is Cc1ccc(-c2noc(C3=C(c4ccccc4)c4ccccc4S(=O)(=O)N3C)n2)cc1. The molecule has 154 valence electrons. The Balaban J connectivity index is 1.78. The van der Waals surface area contributed by atoms with Crippen LogP contribution in [0.3, 0.4) is 0 Å². The Labute approximate surface area is 180 Å². The largest absolute Gasteiger partial charge is 0.332 e. The van der Waals surface area contributed by atoms with Gasteiger partial charge in [-0.15, -0.1) is 0 Å². The average Bonchev–Trinajstić information content (AvgIpc) is 3.27. The number of sulfonamides is 1. The van der Waals surface area contributed by atoms with Gasteiger partial charge in [0, 0.05) is 23.7 Å². The fourth-order valence-electron chi connectivity index (χ4n) is 3.73. The Morgan fingerprint density at radius 3 is 2.26 bits per heavy atom. The second kappa shape index (κ2) is 7.21. The van der Waals surface area contributed by atoms with E-state index >= 15 is 0 Å². The van der Waals surface area contributed by atoms with Crippen LogP contribution in [-0.4, -0.2) is 29.9 Å². The van der Waals surface area contributed by atoms with E-state index in [0.717, 1.165) is 22.3 Å². The van der Waals surface area contributed by atoms with Crippen LogP contribution in [0.25, 0.3) is 22.7 Å². The zero-order valence-corrected chi connectivity index (χ0v) is 17.8. The minimum atomic E-state index is -3.77. The molecule has 2 heterocycles. The third-order valence-electron chi connectivity index (χ3n) is 5.35. The van der Waals surface area contributed by atoms with Gasteiger partial charge >= 0.3 is 0 Å². The van der Waals surface area contributed by atoms with Crippen molar-refractivity contribution < 1.29 is 12.9 Å². The van der Waals surface area contributed by atoms with Gasteiger partial charge in [0.1, 0.15) is 5.70 Å². The van der Waals surface area contributed by atoms with Crippen molar-refractivity contribution in [3.05, 3.63) is 101 Å². The first-order chi connectivity index (χ1) is 15.0. The fourth-order valence-corrected chi connectivity index (χ4v) is 5.13. The van der Waals surface area contributed by atoms with Gasteiger partial charge < -0.3 is 4.52 Å². The van der Waals surface area contributed by atoms with Crippen molar-refractivity contribution in [2.75, 3.05) is 7.05 Å². The number of aryl methyl sites for hydroxylation is 1. The molecule has 4 aromatic rings. The lowest BCUT2D eigenvalue weighted by Crippen LogP contribution is -2.31. The first-order valence-electron chi connectivity index (χ1n) is 9.76. The molecule has 0 spiro atoms. The third-order valence-corrected chi connectivity index (χ3v) is 7.16. The molecule has 5 rings (SSSR count). The van der Waals surface area contributed by atoms with Crippen LogP contribution < -0.4 is 0 Å². The minimum absolute atomic E-state index is 0.148. The molecule has 0 radical (unpaired) electrons. The highest BCUT2D eigenvalue weighted by Crippen LogP contribution is 2.43. The van der Waals surface area contributed by atoms with Gasteiger partial charge in [-0.3, -0.25) is 4.31 Å². The van der Waals surface area contributed by atoms with E-state index < -0.39 is 10.0 Å². The van der Waals surface area contributed by atoms with Crippen molar-refractivity contribution in [1.82, 2.24) is 14.4 Å². The van der Waals surface area contributed by atoms with E-state index in [9.17, 15) is 8.42 Å². The number of hydrogen-bond donors (Lipinski definition) is 0. The normalized spacial score (nSPS) is 15.1. The predicted molar refractivity (Wildman–Crippen MR) is 118 cm³/mol. The Morgan fingerprint density at radius 1 is 0.839 bits per heavy atom. The summed E-state index contributed by atoms with van der Waals surface area (Å²) in [7, 11) is -2.26. The second-order valence-electron chi connectivity index (χ2n) is 7.35. The van der Waals surface area contributed by atoms with E-state index in [4.69, 9.17) is 4.52 Å². The van der Waals surface area contributed by atoms with Crippen LogP contribution in [0.4, 0.5) is 0 Å². The third kappa shape index (κ3) is 3.14. The number of nitrogens with zero attached hydrogens (tertiary/aromatic N) is 3. The highest BCUT2D eigenvalue weighted by Gasteiger charge is 2.37.